The van der Waals surface area contributed by atoms with Gasteiger partial charge in [0.25, 0.3) is 0 Å². The van der Waals surface area contributed by atoms with Crippen LogP contribution in [0.4, 0.5) is 9.59 Å². The van der Waals surface area contributed by atoms with Crippen molar-refractivity contribution < 1.29 is 38.2 Å². The fraction of sp³-hybridized carbons (Fsp3) is 0.0435. The highest BCUT2D eigenvalue weighted by molar-refractivity contribution is 7.31. The van der Waals surface area contributed by atoms with Crippen molar-refractivity contribution in [3.8, 4) is 0 Å². The third-order valence-electron chi connectivity index (χ3n) is 10.2. The number of hydrogen-bond donors (Lipinski definition) is 0. The molecule has 4 aromatic heterocycles. The second kappa shape index (κ2) is 13.7. The predicted molar refractivity (Wildman–Crippen MR) is 221 cm³/mol. The number of carbonyl (C=O) groups excluding carboxylic acids is 6. The minimum Gasteiger partial charge on any atom is -0.444 e. The number of aromatic nitrogens is 2. The quantitative estimate of drug-likeness (QED) is 0.120. The number of ether oxygens (including phenoxy) is 2. The van der Waals surface area contributed by atoms with Crippen molar-refractivity contribution in [3.05, 3.63) is 176 Å². The van der Waals surface area contributed by atoms with Crippen LogP contribution in [0.15, 0.2) is 132 Å². The summed E-state index contributed by atoms with van der Waals surface area (Å²) in [5, 5.41) is 0. The Kier molecular flexibility index (Phi) is 8.32. The smallest absolute Gasteiger partial charge is 0.419 e. The molecule has 0 bridgehead atoms. The third-order valence-corrected chi connectivity index (χ3v) is 12.6. The zero-order valence-electron chi connectivity index (χ0n) is 30.1. The molecule has 0 amide bonds. The Balaban J connectivity index is 1.16. The van der Waals surface area contributed by atoms with Gasteiger partial charge < -0.3 is 9.47 Å². The Morgan fingerprint density at radius 2 is 0.983 bits per heavy atom. The van der Waals surface area contributed by atoms with E-state index in [4.69, 9.17) is 9.47 Å². The summed E-state index contributed by atoms with van der Waals surface area (Å²) >= 11 is 2.59. The number of carbonyl (C=O) groups is 6. The Bertz CT molecular complexity index is 3100. The molecule has 0 saturated carbocycles. The average Bonchev–Trinajstić information content (AvgIpc) is 4.07. The maximum atomic E-state index is 14.3. The van der Waals surface area contributed by atoms with Crippen molar-refractivity contribution in [3.63, 3.8) is 0 Å². The van der Waals surface area contributed by atoms with E-state index in [1.54, 1.807) is 66.7 Å². The van der Waals surface area contributed by atoms with Gasteiger partial charge in [-0.2, -0.15) is 0 Å². The molecule has 0 aliphatic heterocycles. The number of nitrogens with zero attached hydrogens (tertiary/aromatic N) is 2. The largest absolute Gasteiger partial charge is 0.444 e. The van der Waals surface area contributed by atoms with Gasteiger partial charge >= 0.3 is 12.2 Å². The van der Waals surface area contributed by atoms with Gasteiger partial charge in [-0.1, -0.05) is 109 Å². The van der Waals surface area contributed by atoms with Gasteiger partial charge in [0.2, 0.25) is 0 Å². The minimum absolute atomic E-state index is 0.0272. The van der Waals surface area contributed by atoms with Crippen molar-refractivity contribution >= 4 is 101 Å². The summed E-state index contributed by atoms with van der Waals surface area (Å²) in [6.07, 6.45) is 1.42. The first-order valence-corrected chi connectivity index (χ1v) is 19.7. The van der Waals surface area contributed by atoms with E-state index in [1.807, 2.05) is 60.7 Å². The number of Topliss-reactive ketones (excluding diaryl/α,β-unsaturated/α-hetero) is 4. The molecule has 0 unspecified atom stereocenters. The fourth-order valence-electron chi connectivity index (χ4n) is 7.51. The summed E-state index contributed by atoms with van der Waals surface area (Å²) in [4.78, 5) is 82.9. The van der Waals surface area contributed by atoms with Gasteiger partial charge in [-0.15, -0.1) is 22.7 Å². The molecule has 4 heterocycles. The molecule has 10 nitrogen and oxygen atoms in total. The summed E-state index contributed by atoms with van der Waals surface area (Å²) in [7, 11) is 0. The normalized spacial score (nSPS) is 13.5. The van der Waals surface area contributed by atoms with Crippen LogP contribution in [0.1, 0.15) is 63.1 Å². The standard InChI is InChI=1S/C46H26N2O8S2/c49-39-29-15-7-8-16-30(29)40(50)33(39)19-27-20-36-37(47(27)45(53)55-23-25-11-3-1-4-12-25)38-44(58-36)43-35(48(38)46(54)56-24-26-13-5-2-6-14-26)22-28(57-43)21-34-41(51)31-17-9-10-18-32(31)42(34)52/h1-22H,23-24H2. The van der Waals surface area contributed by atoms with Gasteiger partial charge in [-0.05, 0) is 35.4 Å². The highest BCUT2D eigenvalue weighted by atomic mass is 32.1. The first-order valence-electron chi connectivity index (χ1n) is 18.1. The lowest BCUT2D eigenvalue weighted by molar-refractivity contribution is 0.0975. The van der Waals surface area contributed by atoms with Crippen molar-refractivity contribution in [1.29, 1.82) is 0 Å². The molecule has 0 fully saturated rings. The van der Waals surface area contributed by atoms with E-state index >= 15 is 0 Å². The number of benzene rings is 4. The number of thiophene rings is 2. The summed E-state index contributed by atoms with van der Waals surface area (Å²) in [5.41, 5.74) is 3.98. The number of hydrogen-bond acceptors (Lipinski definition) is 10. The van der Waals surface area contributed by atoms with Gasteiger partial charge in [-0.25, -0.2) is 18.7 Å². The molecule has 2 aliphatic rings. The predicted octanol–water partition coefficient (Wildman–Crippen LogP) is 10.2. The first kappa shape index (κ1) is 35.2. The van der Waals surface area contributed by atoms with Crippen LogP contribution in [0.3, 0.4) is 0 Å². The fourth-order valence-corrected chi connectivity index (χ4v) is 9.96. The lowest BCUT2D eigenvalue weighted by atomic mass is 10.1. The Morgan fingerprint density at radius 1 is 0.517 bits per heavy atom. The van der Waals surface area contributed by atoms with E-state index in [2.05, 4.69) is 0 Å². The first-order chi connectivity index (χ1) is 28.3. The molecular weight excluding hydrogens is 773 g/mol. The summed E-state index contributed by atoms with van der Waals surface area (Å²) in [6, 6.07) is 35.0. The Labute approximate surface area is 336 Å². The average molecular weight is 799 g/mol. The molecule has 0 saturated heterocycles. The van der Waals surface area contributed by atoms with Crippen LogP contribution >= 0.6 is 22.7 Å². The molecule has 2 aliphatic carbocycles. The van der Waals surface area contributed by atoms with Crippen LogP contribution in [0.25, 0.3) is 42.8 Å². The molecule has 280 valence electrons. The van der Waals surface area contributed by atoms with Crippen LogP contribution in [-0.4, -0.2) is 44.5 Å². The van der Waals surface area contributed by atoms with Crippen LogP contribution in [0, 0.1) is 0 Å². The van der Waals surface area contributed by atoms with Gasteiger partial charge in [0.05, 0.1) is 47.5 Å². The zero-order valence-corrected chi connectivity index (χ0v) is 31.7. The lowest BCUT2D eigenvalue weighted by Crippen LogP contribution is -2.17. The van der Waals surface area contributed by atoms with Crippen LogP contribution in [0.2, 0.25) is 0 Å². The molecule has 0 N–H and O–H groups in total. The Morgan fingerprint density at radius 3 is 1.50 bits per heavy atom. The second-order valence-corrected chi connectivity index (χ2v) is 15.8. The Hall–Kier alpha value is -7.28. The maximum absolute atomic E-state index is 14.3. The molecule has 0 spiro atoms. The van der Waals surface area contributed by atoms with E-state index in [1.165, 1.54) is 37.9 Å². The third kappa shape index (κ3) is 5.60. The van der Waals surface area contributed by atoms with E-state index in [0.29, 0.717) is 46.7 Å². The SMILES string of the molecule is O=C1C(=Cc2cc3c(s2)c2sc4cc(C=C5C(=O)c6ccccc6C5=O)n(C(=O)OCc5ccccc5)c4c2n3C(=O)OCc2ccccc2)C(=O)c2ccccc21. The topological polar surface area (TPSA) is 131 Å². The van der Waals surface area contributed by atoms with Gasteiger partial charge in [0.1, 0.15) is 13.2 Å². The highest BCUT2D eigenvalue weighted by Gasteiger charge is 2.36. The molecule has 4 aromatic carbocycles. The molecule has 8 aromatic rings. The van der Waals surface area contributed by atoms with Gasteiger partial charge in [0.15, 0.2) is 23.1 Å². The summed E-state index contributed by atoms with van der Waals surface area (Å²) < 4.78 is 16.3. The van der Waals surface area contributed by atoms with Gasteiger partial charge in [0, 0.05) is 27.1 Å². The maximum Gasteiger partial charge on any atom is 0.419 e. The molecule has 10 rings (SSSR count). The van der Waals surface area contributed by atoms with E-state index < -0.39 is 23.8 Å². The highest BCUT2D eigenvalue weighted by Crippen LogP contribution is 2.46. The molecule has 12 heteroatoms. The van der Waals surface area contributed by atoms with Crippen molar-refractivity contribution in [1.82, 2.24) is 9.13 Å². The van der Waals surface area contributed by atoms with E-state index in [-0.39, 0.29) is 52.7 Å². The molecule has 0 atom stereocenters. The number of rotatable bonds is 6. The monoisotopic (exact) mass is 798 g/mol. The lowest BCUT2D eigenvalue weighted by Gasteiger charge is -2.11. The van der Waals surface area contributed by atoms with Crippen molar-refractivity contribution in [2.24, 2.45) is 0 Å². The number of allylic oxidation sites excluding steroid dienone is 2. The van der Waals surface area contributed by atoms with Crippen molar-refractivity contribution in [2.45, 2.75) is 13.2 Å². The number of ketones is 4. The van der Waals surface area contributed by atoms with Crippen molar-refractivity contribution in [2.75, 3.05) is 0 Å². The van der Waals surface area contributed by atoms with Crippen LogP contribution in [0.5, 0.6) is 0 Å². The minimum atomic E-state index is -0.794. The second-order valence-electron chi connectivity index (χ2n) is 13.7. The molecule has 0 radical (unpaired) electrons. The molecular formula is C46H26N2O8S2. The van der Waals surface area contributed by atoms with Crippen LogP contribution < -0.4 is 0 Å². The number of fused-ring (bicyclic) bond motifs is 7. The molecule has 58 heavy (non-hydrogen) atoms. The van der Waals surface area contributed by atoms with E-state index in [0.717, 1.165) is 11.1 Å². The zero-order chi connectivity index (χ0) is 39.7. The van der Waals surface area contributed by atoms with Gasteiger partial charge in [-0.3, -0.25) is 19.2 Å². The summed E-state index contributed by atoms with van der Waals surface area (Å²) in [6.45, 7) is -0.112. The van der Waals surface area contributed by atoms with E-state index in [9.17, 15) is 28.8 Å². The summed E-state index contributed by atoms with van der Waals surface area (Å²) in [5.74, 6) is -1.67. The van der Waals surface area contributed by atoms with Crippen LogP contribution in [-0.2, 0) is 22.7 Å².